The van der Waals surface area contributed by atoms with E-state index in [1.807, 2.05) is 0 Å². The van der Waals surface area contributed by atoms with Crippen molar-refractivity contribution < 1.29 is 37.7 Å². The van der Waals surface area contributed by atoms with Gasteiger partial charge >= 0.3 is 6.03 Å². The predicted molar refractivity (Wildman–Crippen MR) is 159 cm³/mol. The van der Waals surface area contributed by atoms with E-state index in [1.54, 1.807) is 24.3 Å². The molecule has 12 heteroatoms. The zero-order valence-corrected chi connectivity index (χ0v) is 24.0. The van der Waals surface area contributed by atoms with Gasteiger partial charge < -0.3 is 29.5 Å². The fraction of sp³-hybridized carbons (Fsp3) is 0.281. The Morgan fingerprint density at radius 1 is 1.00 bits per heavy atom. The highest BCUT2D eigenvalue weighted by Crippen LogP contribution is 2.38. The molecule has 230 valence electrons. The Morgan fingerprint density at radius 2 is 1.82 bits per heavy atom. The summed E-state index contributed by atoms with van der Waals surface area (Å²) in [5.74, 6) is -0.932. The minimum absolute atomic E-state index is 0.0827. The van der Waals surface area contributed by atoms with Gasteiger partial charge in [0.2, 0.25) is 5.91 Å². The number of halogens is 2. The van der Waals surface area contributed by atoms with E-state index in [2.05, 4.69) is 20.5 Å². The number of aliphatic hydroxyl groups is 1. The maximum absolute atomic E-state index is 15.0. The summed E-state index contributed by atoms with van der Waals surface area (Å²) >= 11 is 0. The number of carbonyl (C=O) groups is 2. The van der Waals surface area contributed by atoms with Crippen LogP contribution in [0.5, 0.6) is 23.0 Å². The second-order valence-electron chi connectivity index (χ2n) is 10.4. The Hall–Kier alpha value is -4.81. The molecule has 1 aromatic heterocycles. The number of ether oxygens (including phenoxy) is 3. The molecule has 1 atom stereocenters. The molecule has 1 saturated heterocycles. The van der Waals surface area contributed by atoms with Gasteiger partial charge in [-0.25, -0.2) is 13.6 Å². The summed E-state index contributed by atoms with van der Waals surface area (Å²) < 4.78 is 45.6. The van der Waals surface area contributed by atoms with Crippen LogP contribution >= 0.6 is 0 Å². The summed E-state index contributed by atoms with van der Waals surface area (Å²) in [6.45, 7) is 2.56. The molecule has 0 spiro atoms. The molecule has 5 rings (SSSR count). The van der Waals surface area contributed by atoms with Crippen LogP contribution in [0.2, 0.25) is 0 Å². The van der Waals surface area contributed by atoms with Gasteiger partial charge in [-0.15, -0.1) is 0 Å². The van der Waals surface area contributed by atoms with E-state index >= 15 is 4.39 Å². The molecule has 1 aliphatic rings. The van der Waals surface area contributed by atoms with E-state index in [4.69, 9.17) is 14.2 Å². The molecule has 44 heavy (non-hydrogen) atoms. The molecule has 1 aliphatic heterocycles. The number of carbonyl (C=O) groups excluding carboxylic acids is 2. The Labute approximate surface area is 252 Å². The Balaban J connectivity index is 1.22. The highest BCUT2D eigenvalue weighted by atomic mass is 19.1. The Morgan fingerprint density at radius 3 is 2.57 bits per heavy atom. The molecule has 1 unspecified atom stereocenters. The van der Waals surface area contributed by atoms with Crippen molar-refractivity contribution in [3.63, 3.8) is 0 Å². The first kappa shape index (κ1) is 30.6. The third kappa shape index (κ3) is 7.97. The minimum Gasteiger partial charge on any atom is -0.493 e. The number of pyridine rings is 1. The number of hydrogen-bond donors (Lipinski definition) is 3. The lowest BCUT2D eigenvalue weighted by Crippen LogP contribution is -2.35. The van der Waals surface area contributed by atoms with E-state index in [9.17, 15) is 19.1 Å². The number of imide groups is 1. The summed E-state index contributed by atoms with van der Waals surface area (Å²) in [5, 5.41) is 15.5. The van der Waals surface area contributed by atoms with Crippen LogP contribution in [0, 0.1) is 11.6 Å². The topological polar surface area (TPSA) is 122 Å². The summed E-state index contributed by atoms with van der Waals surface area (Å²) in [6.07, 6.45) is 2.91. The number of methoxy groups -OCH3 is 1. The lowest BCUT2D eigenvalue weighted by molar-refractivity contribution is -0.119. The molecular weight excluding hydrogens is 574 g/mol. The third-order valence-electron chi connectivity index (χ3n) is 7.00. The number of likely N-dealkylation sites (tertiary alicyclic amines) is 1. The SMILES string of the molecule is COc1cc2c(Oc3ccc(NC(=O)NC(=O)Cc4cccc(F)c4)cc3F)ccnc2cc1OCC(O)CN1CCCC1. The second-order valence-corrected chi connectivity index (χ2v) is 10.4. The largest absolute Gasteiger partial charge is 0.493 e. The van der Waals surface area contributed by atoms with E-state index in [0.29, 0.717) is 40.3 Å². The van der Waals surface area contributed by atoms with E-state index in [1.165, 1.54) is 43.6 Å². The highest BCUT2D eigenvalue weighted by Gasteiger charge is 2.19. The van der Waals surface area contributed by atoms with Crippen LogP contribution in [-0.4, -0.2) is 66.4 Å². The predicted octanol–water partition coefficient (Wildman–Crippen LogP) is 5.04. The normalized spacial score (nSPS) is 13.8. The van der Waals surface area contributed by atoms with E-state index in [-0.39, 0.29) is 24.5 Å². The molecule has 2 heterocycles. The molecule has 3 aromatic carbocycles. The second kappa shape index (κ2) is 14.1. The summed E-state index contributed by atoms with van der Waals surface area (Å²) in [7, 11) is 1.49. The Kier molecular flexibility index (Phi) is 9.82. The molecule has 10 nitrogen and oxygen atoms in total. The summed E-state index contributed by atoms with van der Waals surface area (Å²) in [5.41, 5.74) is 0.992. The van der Waals surface area contributed by atoms with Crippen LogP contribution in [0.25, 0.3) is 10.9 Å². The number of aromatic nitrogens is 1. The van der Waals surface area contributed by atoms with Crippen LogP contribution in [0.15, 0.2) is 66.9 Å². The fourth-order valence-corrected chi connectivity index (χ4v) is 4.94. The van der Waals surface area contributed by atoms with Crippen LogP contribution in [-0.2, 0) is 11.2 Å². The van der Waals surface area contributed by atoms with E-state index < -0.39 is 29.7 Å². The van der Waals surface area contributed by atoms with Crippen LogP contribution in [0.1, 0.15) is 18.4 Å². The van der Waals surface area contributed by atoms with Gasteiger partial charge in [0.15, 0.2) is 23.1 Å². The highest BCUT2D eigenvalue weighted by molar-refractivity contribution is 6.01. The number of benzene rings is 3. The molecule has 1 fully saturated rings. The molecule has 0 aliphatic carbocycles. The average molecular weight is 607 g/mol. The molecule has 0 saturated carbocycles. The monoisotopic (exact) mass is 606 g/mol. The number of aliphatic hydroxyl groups excluding tert-OH is 1. The number of nitrogens with one attached hydrogen (secondary N) is 2. The lowest BCUT2D eigenvalue weighted by atomic mass is 10.1. The number of rotatable bonds is 11. The zero-order chi connectivity index (χ0) is 31.1. The number of β-amino-alcohol motifs (C(OH)–C–C–N with tert-alkyl or cyclic N) is 1. The van der Waals surface area contributed by atoms with Gasteiger partial charge in [-0.05, 0) is 67.9 Å². The zero-order valence-electron chi connectivity index (χ0n) is 24.0. The summed E-state index contributed by atoms with van der Waals surface area (Å²) in [6, 6.07) is 13.3. The smallest absolute Gasteiger partial charge is 0.325 e. The van der Waals surface area contributed by atoms with Gasteiger partial charge in [-0.3, -0.25) is 15.1 Å². The number of nitrogens with zero attached hydrogens (tertiary/aromatic N) is 2. The van der Waals surface area contributed by atoms with Gasteiger partial charge in [0.1, 0.15) is 24.3 Å². The number of anilines is 1. The quantitative estimate of drug-likeness (QED) is 0.217. The lowest BCUT2D eigenvalue weighted by Gasteiger charge is -2.20. The van der Waals surface area contributed by atoms with Crippen molar-refractivity contribution in [2.75, 3.05) is 38.7 Å². The number of amides is 3. The first-order valence-corrected chi connectivity index (χ1v) is 14.1. The van der Waals surface area contributed by atoms with Crippen molar-refractivity contribution >= 4 is 28.5 Å². The van der Waals surface area contributed by atoms with Crippen molar-refractivity contribution in [3.05, 3.63) is 84.1 Å². The maximum atomic E-state index is 15.0. The number of urea groups is 1. The average Bonchev–Trinajstić information content (AvgIpc) is 3.50. The third-order valence-corrected chi connectivity index (χ3v) is 7.00. The van der Waals surface area contributed by atoms with Gasteiger partial charge in [0.25, 0.3) is 0 Å². The fourth-order valence-electron chi connectivity index (χ4n) is 4.94. The van der Waals surface area contributed by atoms with Gasteiger partial charge in [-0.2, -0.15) is 0 Å². The van der Waals surface area contributed by atoms with Crippen molar-refractivity contribution in [2.24, 2.45) is 0 Å². The van der Waals surface area contributed by atoms with Crippen LogP contribution < -0.4 is 24.8 Å². The standard InChI is InChI=1S/C32H32F2N4O6/c1-42-29-16-24-26(17-30(29)43-19-23(39)18-38-11-2-3-12-38)35-10-9-27(24)44-28-8-7-22(15-25(28)34)36-32(41)37-31(40)14-20-5-4-6-21(33)13-20/h4-10,13,15-17,23,39H,2-3,11-12,14,18-19H2,1H3,(H2,36,37,40,41). The molecule has 3 N–H and O–H groups in total. The molecule has 0 bridgehead atoms. The first-order valence-electron chi connectivity index (χ1n) is 14.1. The van der Waals surface area contributed by atoms with Crippen LogP contribution in [0.3, 0.4) is 0 Å². The van der Waals surface area contributed by atoms with E-state index in [0.717, 1.165) is 32.0 Å². The number of hydrogen-bond acceptors (Lipinski definition) is 8. The van der Waals surface area contributed by atoms with Crippen molar-refractivity contribution in [3.8, 4) is 23.0 Å². The molecule has 3 amide bonds. The van der Waals surface area contributed by atoms with Crippen LogP contribution in [0.4, 0.5) is 19.3 Å². The van der Waals surface area contributed by atoms with Gasteiger partial charge in [0, 0.05) is 35.9 Å². The summed E-state index contributed by atoms with van der Waals surface area (Å²) in [4.78, 5) is 30.9. The Bertz CT molecular complexity index is 1650. The maximum Gasteiger partial charge on any atom is 0.325 e. The van der Waals surface area contributed by atoms with Crippen molar-refractivity contribution in [2.45, 2.75) is 25.4 Å². The van der Waals surface area contributed by atoms with Gasteiger partial charge in [-0.1, -0.05) is 12.1 Å². The first-order chi connectivity index (χ1) is 21.3. The van der Waals surface area contributed by atoms with Crippen molar-refractivity contribution in [1.82, 2.24) is 15.2 Å². The molecule has 4 aromatic rings. The number of fused-ring (bicyclic) bond motifs is 1. The minimum atomic E-state index is -0.867. The molecular formula is C32H32F2N4O6. The molecule has 0 radical (unpaired) electrons. The van der Waals surface area contributed by atoms with Crippen molar-refractivity contribution in [1.29, 1.82) is 0 Å². The van der Waals surface area contributed by atoms with Gasteiger partial charge in [0.05, 0.1) is 19.0 Å².